The molecule has 4 heteroatoms. The van der Waals surface area contributed by atoms with E-state index < -0.39 is 0 Å². The minimum Gasteiger partial charge on any atom is -0.342 e. The molecule has 2 aromatic rings. The van der Waals surface area contributed by atoms with Crippen molar-refractivity contribution in [3.8, 4) is 0 Å². The number of hydrogen-bond donors (Lipinski definition) is 0. The molecular weight excluding hydrogens is 298 g/mol. The molecule has 1 amide bonds. The molecule has 1 saturated heterocycles. The van der Waals surface area contributed by atoms with Crippen LogP contribution in [0.1, 0.15) is 57.3 Å². The topological polar surface area (TPSA) is 38.1 Å². The van der Waals surface area contributed by atoms with Crippen molar-refractivity contribution in [1.82, 2.24) is 14.5 Å². The zero-order chi connectivity index (χ0) is 17.1. The highest BCUT2D eigenvalue weighted by molar-refractivity contribution is 5.77. The summed E-state index contributed by atoms with van der Waals surface area (Å²) in [4.78, 5) is 19.3. The molecular formula is C20H27N3O. The van der Waals surface area contributed by atoms with Gasteiger partial charge < -0.3 is 9.47 Å². The summed E-state index contributed by atoms with van der Waals surface area (Å²) < 4.78 is 2.34. The van der Waals surface area contributed by atoms with Crippen LogP contribution in [0.2, 0.25) is 0 Å². The van der Waals surface area contributed by atoms with E-state index in [9.17, 15) is 4.79 Å². The minimum absolute atomic E-state index is 0.242. The molecule has 0 bridgehead atoms. The number of amides is 1. The lowest BCUT2D eigenvalue weighted by Crippen LogP contribution is -2.39. The van der Waals surface area contributed by atoms with Gasteiger partial charge in [0.1, 0.15) is 5.82 Å². The average molecular weight is 325 g/mol. The molecule has 1 aliphatic heterocycles. The molecule has 0 aliphatic carbocycles. The molecule has 3 rings (SSSR count). The van der Waals surface area contributed by atoms with Crippen molar-refractivity contribution in [3.63, 3.8) is 0 Å². The third-order valence-corrected chi connectivity index (χ3v) is 4.84. The Morgan fingerprint density at radius 2 is 2.21 bits per heavy atom. The van der Waals surface area contributed by atoms with Crippen LogP contribution in [0.15, 0.2) is 36.9 Å². The van der Waals surface area contributed by atoms with Gasteiger partial charge in [-0.2, -0.15) is 0 Å². The van der Waals surface area contributed by atoms with Crippen LogP contribution in [0, 0.1) is 0 Å². The van der Waals surface area contributed by atoms with E-state index in [2.05, 4.69) is 43.2 Å². The molecule has 4 nitrogen and oxygen atoms in total. The lowest BCUT2D eigenvalue weighted by molar-refractivity contribution is -0.132. The van der Waals surface area contributed by atoms with E-state index in [-0.39, 0.29) is 5.91 Å². The number of likely N-dealkylation sites (tertiary alicyclic amines) is 1. The first kappa shape index (κ1) is 16.7. The van der Waals surface area contributed by atoms with Gasteiger partial charge in [-0.1, -0.05) is 18.2 Å². The van der Waals surface area contributed by atoms with Gasteiger partial charge in [-0.15, -0.1) is 6.58 Å². The molecule has 1 aromatic carbocycles. The second kappa shape index (κ2) is 7.20. The van der Waals surface area contributed by atoms with Crippen LogP contribution in [0.5, 0.6) is 0 Å². The van der Waals surface area contributed by atoms with Crippen molar-refractivity contribution in [3.05, 3.63) is 42.7 Å². The summed E-state index contributed by atoms with van der Waals surface area (Å²) >= 11 is 0. The third kappa shape index (κ3) is 3.23. The Labute approximate surface area is 144 Å². The summed E-state index contributed by atoms with van der Waals surface area (Å²) in [5, 5.41) is 0. The van der Waals surface area contributed by atoms with Gasteiger partial charge in [0.15, 0.2) is 0 Å². The number of para-hydroxylation sites is 2. The number of rotatable bonds is 5. The lowest BCUT2D eigenvalue weighted by Gasteiger charge is -2.33. The van der Waals surface area contributed by atoms with E-state index in [1.54, 1.807) is 0 Å². The van der Waals surface area contributed by atoms with Crippen molar-refractivity contribution in [1.29, 1.82) is 0 Å². The molecule has 128 valence electrons. The maximum atomic E-state index is 12.4. The molecule has 0 spiro atoms. The molecule has 2 heterocycles. The molecule has 1 aliphatic rings. The van der Waals surface area contributed by atoms with Gasteiger partial charge in [-0.3, -0.25) is 4.79 Å². The number of imidazole rings is 1. The molecule has 1 aromatic heterocycles. The zero-order valence-corrected chi connectivity index (χ0v) is 14.7. The van der Waals surface area contributed by atoms with Crippen molar-refractivity contribution < 1.29 is 4.79 Å². The highest BCUT2D eigenvalue weighted by Gasteiger charge is 2.28. The van der Waals surface area contributed by atoms with E-state index in [0.717, 1.165) is 43.7 Å². The molecule has 0 saturated carbocycles. The summed E-state index contributed by atoms with van der Waals surface area (Å²) in [6.07, 6.45) is 5.28. The second-order valence-electron chi connectivity index (χ2n) is 6.93. The van der Waals surface area contributed by atoms with E-state index in [1.807, 2.05) is 17.0 Å². The van der Waals surface area contributed by atoms with Crippen molar-refractivity contribution >= 4 is 16.9 Å². The first-order chi connectivity index (χ1) is 11.6. The van der Waals surface area contributed by atoms with E-state index in [4.69, 9.17) is 4.98 Å². The van der Waals surface area contributed by atoms with Gasteiger partial charge in [0.05, 0.1) is 11.0 Å². The highest BCUT2D eigenvalue weighted by Crippen LogP contribution is 2.31. The maximum Gasteiger partial charge on any atom is 0.222 e. The van der Waals surface area contributed by atoms with Gasteiger partial charge in [0.25, 0.3) is 0 Å². The maximum absolute atomic E-state index is 12.4. The smallest absolute Gasteiger partial charge is 0.222 e. The van der Waals surface area contributed by atoms with Crippen LogP contribution in [0.3, 0.4) is 0 Å². The Hall–Kier alpha value is -2.10. The third-order valence-electron chi connectivity index (χ3n) is 4.84. The van der Waals surface area contributed by atoms with Gasteiger partial charge >= 0.3 is 0 Å². The second-order valence-corrected chi connectivity index (χ2v) is 6.93. The first-order valence-corrected chi connectivity index (χ1v) is 8.97. The summed E-state index contributed by atoms with van der Waals surface area (Å²) in [7, 11) is 0. The highest BCUT2D eigenvalue weighted by atomic mass is 16.2. The Kier molecular flexibility index (Phi) is 5.03. The van der Waals surface area contributed by atoms with Gasteiger partial charge in [-0.25, -0.2) is 4.98 Å². The Morgan fingerprint density at radius 3 is 2.96 bits per heavy atom. The molecule has 24 heavy (non-hydrogen) atoms. The van der Waals surface area contributed by atoms with E-state index >= 15 is 0 Å². The van der Waals surface area contributed by atoms with Crippen molar-refractivity contribution in [2.24, 2.45) is 0 Å². The average Bonchev–Trinajstić information content (AvgIpc) is 2.99. The Bertz CT molecular complexity index is 732. The number of carbonyl (C=O) groups excluding carboxylic acids is 1. The fourth-order valence-electron chi connectivity index (χ4n) is 3.69. The van der Waals surface area contributed by atoms with Crippen molar-refractivity contribution in [2.45, 2.75) is 51.5 Å². The number of hydrogen-bond acceptors (Lipinski definition) is 2. The molecule has 1 fully saturated rings. The Balaban J connectivity index is 1.88. The summed E-state index contributed by atoms with van der Waals surface area (Å²) in [5.74, 6) is 1.69. The zero-order valence-electron chi connectivity index (χ0n) is 14.7. The standard InChI is InChI=1S/C20H27N3O/c1-4-5-12-19(24)22-13-8-9-16(14-22)20-21-17-10-6-7-11-18(17)23(20)15(2)3/h4,6-7,10-11,15-16H,1,5,8-9,12-14H2,2-3H3/t16-/m1/s1. The van der Waals surface area contributed by atoms with Crippen LogP contribution >= 0.6 is 0 Å². The fraction of sp³-hybridized carbons (Fsp3) is 0.500. The number of piperidine rings is 1. The largest absolute Gasteiger partial charge is 0.342 e. The summed E-state index contributed by atoms with van der Waals surface area (Å²) in [6, 6.07) is 8.68. The summed E-state index contributed by atoms with van der Waals surface area (Å²) in [5.41, 5.74) is 2.24. The molecule has 0 N–H and O–H groups in total. The summed E-state index contributed by atoms with van der Waals surface area (Å²) in [6.45, 7) is 9.77. The molecule has 0 unspecified atom stereocenters. The minimum atomic E-state index is 0.242. The molecule has 1 atom stereocenters. The quantitative estimate of drug-likeness (QED) is 0.769. The van der Waals surface area contributed by atoms with Gasteiger partial charge in [0.2, 0.25) is 5.91 Å². The predicted molar refractivity (Wildman–Crippen MR) is 98.1 cm³/mol. The van der Waals surface area contributed by atoms with Crippen LogP contribution < -0.4 is 0 Å². The number of allylic oxidation sites excluding steroid dienone is 1. The normalized spacial score (nSPS) is 18.3. The fourth-order valence-corrected chi connectivity index (χ4v) is 3.69. The van der Waals surface area contributed by atoms with Crippen LogP contribution in [0.4, 0.5) is 0 Å². The number of nitrogens with zero attached hydrogens (tertiary/aromatic N) is 3. The van der Waals surface area contributed by atoms with Crippen molar-refractivity contribution in [2.75, 3.05) is 13.1 Å². The van der Waals surface area contributed by atoms with Crippen LogP contribution in [-0.4, -0.2) is 33.4 Å². The molecule has 0 radical (unpaired) electrons. The monoisotopic (exact) mass is 325 g/mol. The number of carbonyl (C=O) groups is 1. The van der Waals surface area contributed by atoms with Crippen LogP contribution in [-0.2, 0) is 4.79 Å². The number of fused-ring (bicyclic) bond motifs is 1. The SMILES string of the molecule is C=CCCC(=O)N1CCC[C@@H](c2nc3ccccc3n2C(C)C)C1. The van der Waals surface area contributed by atoms with E-state index in [1.165, 1.54) is 5.52 Å². The van der Waals surface area contributed by atoms with Gasteiger partial charge in [-0.05, 0) is 45.2 Å². The van der Waals surface area contributed by atoms with Crippen LogP contribution in [0.25, 0.3) is 11.0 Å². The Morgan fingerprint density at radius 1 is 1.42 bits per heavy atom. The first-order valence-electron chi connectivity index (χ1n) is 8.97. The van der Waals surface area contributed by atoms with E-state index in [0.29, 0.717) is 18.4 Å². The van der Waals surface area contributed by atoms with Gasteiger partial charge in [0, 0.05) is 31.5 Å². The number of benzene rings is 1. The lowest BCUT2D eigenvalue weighted by atomic mass is 9.96. The predicted octanol–water partition coefficient (Wildman–Crippen LogP) is 4.29. The number of aromatic nitrogens is 2.